The van der Waals surface area contributed by atoms with Crippen LogP contribution in [-0.2, 0) is 6.42 Å². The molecule has 4 aromatic rings. The smallest absolute Gasteiger partial charge is 0.229 e. The van der Waals surface area contributed by atoms with E-state index in [1.54, 1.807) is 13.2 Å². The highest BCUT2D eigenvalue weighted by molar-refractivity contribution is 5.95. The van der Waals surface area contributed by atoms with Gasteiger partial charge >= 0.3 is 0 Å². The fourth-order valence-electron chi connectivity index (χ4n) is 4.50. The van der Waals surface area contributed by atoms with E-state index in [1.807, 2.05) is 25.1 Å². The molecule has 1 N–H and O–H groups in total. The van der Waals surface area contributed by atoms with E-state index in [4.69, 9.17) is 14.7 Å². The Morgan fingerprint density at radius 3 is 2.72 bits per heavy atom. The number of rotatable bonds is 4. The Morgan fingerprint density at radius 2 is 1.91 bits per heavy atom. The van der Waals surface area contributed by atoms with E-state index in [0.29, 0.717) is 11.7 Å². The molecule has 5 rings (SSSR count). The first-order chi connectivity index (χ1) is 15.5. The first kappa shape index (κ1) is 20.2. The monoisotopic (exact) mass is 428 g/mol. The Kier molecular flexibility index (Phi) is 5.13. The molecule has 0 amide bonds. The highest BCUT2D eigenvalue weighted by Gasteiger charge is 2.27. The number of fused-ring (bicyclic) bond motifs is 2. The van der Waals surface area contributed by atoms with Gasteiger partial charge in [0.2, 0.25) is 5.95 Å². The van der Waals surface area contributed by atoms with E-state index in [-0.39, 0.29) is 11.9 Å². The van der Waals surface area contributed by atoms with Crippen LogP contribution < -0.4 is 15.0 Å². The molecular formula is C26H25FN4O. The summed E-state index contributed by atoms with van der Waals surface area (Å²) in [4.78, 5) is 12.0. The summed E-state index contributed by atoms with van der Waals surface area (Å²) < 4.78 is 19.2. The second-order valence-corrected chi connectivity index (χ2v) is 8.13. The third-order valence-electron chi connectivity index (χ3n) is 6.19. The number of ether oxygens (including phenoxy) is 1. The molecule has 6 heteroatoms. The lowest BCUT2D eigenvalue weighted by Gasteiger charge is -2.37. The third-order valence-corrected chi connectivity index (χ3v) is 6.19. The highest BCUT2D eigenvalue weighted by Crippen LogP contribution is 2.38. The Labute approximate surface area is 186 Å². The highest BCUT2D eigenvalue weighted by atomic mass is 19.1. The first-order valence-electron chi connectivity index (χ1n) is 10.8. The summed E-state index contributed by atoms with van der Waals surface area (Å²) in [5, 5.41) is 4.23. The molecule has 0 fully saturated rings. The molecule has 1 aliphatic heterocycles. The van der Waals surface area contributed by atoms with Crippen molar-refractivity contribution < 1.29 is 9.13 Å². The van der Waals surface area contributed by atoms with Crippen LogP contribution in [0.2, 0.25) is 0 Å². The van der Waals surface area contributed by atoms with Gasteiger partial charge in [0.1, 0.15) is 22.9 Å². The molecule has 1 atom stereocenters. The van der Waals surface area contributed by atoms with E-state index in [9.17, 15) is 4.39 Å². The van der Waals surface area contributed by atoms with Crippen LogP contribution in [0, 0.1) is 12.7 Å². The summed E-state index contributed by atoms with van der Waals surface area (Å²) in [6, 6.07) is 19.3. The van der Waals surface area contributed by atoms with Crippen LogP contribution in [-0.4, -0.2) is 23.6 Å². The summed E-state index contributed by atoms with van der Waals surface area (Å²) in [5.74, 6) is 1.74. The second kappa shape index (κ2) is 8.11. The molecule has 3 aromatic carbocycles. The summed E-state index contributed by atoms with van der Waals surface area (Å²) in [5.41, 5.74) is 5.00. The van der Waals surface area contributed by atoms with Crippen molar-refractivity contribution in [3.8, 4) is 5.75 Å². The van der Waals surface area contributed by atoms with Gasteiger partial charge in [0, 0.05) is 17.6 Å². The molecule has 162 valence electrons. The number of hydrogen-bond acceptors (Lipinski definition) is 5. The van der Waals surface area contributed by atoms with E-state index in [0.717, 1.165) is 40.9 Å². The van der Waals surface area contributed by atoms with Gasteiger partial charge in [-0.15, -0.1) is 0 Å². The van der Waals surface area contributed by atoms with Gasteiger partial charge in [-0.1, -0.05) is 30.3 Å². The molecule has 0 saturated heterocycles. The zero-order chi connectivity index (χ0) is 22.2. The van der Waals surface area contributed by atoms with E-state index >= 15 is 0 Å². The lowest BCUT2D eigenvalue weighted by molar-refractivity contribution is 0.419. The van der Waals surface area contributed by atoms with Gasteiger partial charge in [0.25, 0.3) is 0 Å². The number of hydrogen-bond donors (Lipinski definition) is 1. The van der Waals surface area contributed by atoms with Crippen molar-refractivity contribution in [2.45, 2.75) is 26.3 Å². The number of aryl methyl sites for hydroxylation is 1. The maximum Gasteiger partial charge on any atom is 0.229 e. The Bertz CT molecular complexity index is 1310. The Hall–Kier alpha value is -3.67. The number of para-hydroxylation sites is 1. The lowest BCUT2D eigenvalue weighted by atomic mass is 9.93. The minimum atomic E-state index is -0.268. The van der Waals surface area contributed by atoms with Crippen LogP contribution in [0.4, 0.5) is 21.8 Å². The minimum Gasteiger partial charge on any atom is -0.494 e. The molecule has 32 heavy (non-hydrogen) atoms. The van der Waals surface area contributed by atoms with Crippen LogP contribution in [0.25, 0.3) is 10.9 Å². The normalized spacial score (nSPS) is 15.5. The van der Waals surface area contributed by atoms with Crippen molar-refractivity contribution in [3.63, 3.8) is 0 Å². The molecule has 1 aliphatic rings. The van der Waals surface area contributed by atoms with Crippen LogP contribution in [0.15, 0.2) is 60.7 Å². The molecule has 1 aromatic heterocycles. The fourth-order valence-corrected chi connectivity index (χ4v) is 4.50. The first-order valence-corrected chi connectivity index (χ1v) is 10.8. The quantitative estimate of drug-likeness (QED) is 0.435. The predicted octanol–water partition coefficient (Wildman–Crippen LogP) is 5.95. The number of methoxy groups -OCH3 is 1. The fraction of sp³-hybridized carbons (Fsp3) is 0.231. The molecule has 0 spiro atoms. The zero-order valence-electron chi connectivity index (χ0n) is 18.4. The van der Waals surface area contributed by atoms with Gasteiger partial charge < -0.3 is 15.0 Å². The maximum atomic E-state index is 13.6. The SMILES string of the molecule is COc1cccc2c(N3CCc4ccccc4[C@H]3C)nc(Nc3ccc(F)cc3C)nc12. The van der Waals surface area contributed by atoms with Crippen LogP contribution >= 0.6 is 0 Å². The van der Waals surface area contributed by atoms with Crippen LogP contribution in [0.1, 0.15) is 29.7 Å². The minimum absolute atomic E-state index is 0.171. The van der Waals surface area contributed by atoms with E-state index in [1.165, 1.54) is 23.3 Å². The lowest BCUT2D eigenvalue weighted by Crippen LogP contribution is -2.34. The average Bonchev–Trinajstić information content (AvgIpc) is 2.80. The van der Waals surface area contributed by atoms with Crippen molar-refractivity contribution in [1.82, 2.24) is 9.97 Å². The Balaban J connectivity index is 1.65. The number of anilines is 3. The van der Waals surface area contributed by atoms with Crippen molar-refractivity contribution in [3.05, 3.63) is 83.2 Å². The van der Waals surface area contributed by atoms with Gasteiger partial charge in [0.05, 0.1) is 13.2 Å². The molecule has 0 radical (unpaired) electrons. The number of nitrogens with zero attached hydrogens (tertiary/aromatic N) is 3. The largest absolute Gasteiger partial charge is 0.494 e. The van der Waals surface area contributed by atoms with Crippen molar-refractivity contribution in [2.24, 2.45) is 0 Å². The van der Waals surface area contributed by atoms with Crippen LogP contribution in [0.3, 0.4) is 0 Å². The van der Waals surface area contributed by atoms with Gasteiger partial charge in [-0.2, -0.15) is 4.98 Å². The summed E-state index contributed by atoms with van der Waals surface area (Å²) in [6.45, 7) is 4.93. The Morgan fingerprint density at radius 1 is 1.06 bits per heavy atom. The van der Waals surface area contributed by atoms with Crippen molar-refractivity contribution >= 4 is 28.4 Å². The molecule has 2 heterocycles. The third kappa shape index (κ3) is 3.51. The summed E-state index contributed by atoms with van der Waals surface area (Å²) >= 11 is 0. The predicted molar refractivity (Wildman–Crippen MR) is 126 cm³/mol. The molecule has 0 bridgehead atoms. The van der Waals surface area contributed by atoms with Crippen molar-refractivity contribution in [2.75, 3.05) is 23.9 Å². The molecule has 0 unspecified atom stereocenters. The van der Waals surface area contributed by atoms with Gasteiger partial charge in [-0.3, -0.25) is 0 Å². The number of aromatic nitrogens is 2. The van der Waals surface area contributed by atoms with Crippen molar-refractivity contribution in [1.29, 1.82) is 0 Å². The average molecular weight is 429 g/mol. The maximum absolute atomic E-state index is 13.6. The standard InChI is InChI=1S/C26H25FN4O/c1-16-15-19(27)11-12-22(16)28-26-29-24-21(9-6-10-23(24)32-3)25(30-26)31-14-13-18-7-4-5-8-20(18)17(31)2/h4-12,15,17H,13-14H2,1-3H3,(H,28,29,30)/t17-/m1/s1. The number of nitrogens with one attached hydrogen (secondary N) is 1. The molecule has 0 saturated carbocycles. The number of benzene rings is 3. The molecule has 5 nitrogen and oxygen atoms in total. The number of halogens is 1. The summed E-state index contributed by atoms with van der Waals surface area (Å²) in [7, 11) is 1.65. The molecule has 0 aliphatic carbocycles. The van der Waals surface area contributed by atoms with Gasteiger partial charge in [-0.25, -0.2) is 9.37 Å². The van der Waals surface area contributed by atoms with Gasteiger partial charge in [-0.05, 0) is 67.3 Å². The molecular weight excluding hydrogens is 403 g/mol. The van der Waals surface area contributed by atoms with Crippen LogP contribution in [0.5, 0.6) is 5.75 Å². The summed E-state index contributed by atoms with van der Waals surface area (Å²) in [6.07, 6.45) is 0.954. The van der Waals surface area contributed by atoms with E-state index in [2.05, 4.69) is 41.4 Å². The van der Waals surface area contributed by atoms with Gasteiger partial charge in [0.15, 0.2) is 0 Å². The second-order valence-electron chi connectivity index (χ2n) is 8.13. The van der Waals surface area contributed by atoms with E-state index < -0.39 is 0 Å². The topological polar surface area (TPSA) is 50.3 Å². The zero-order valence-corrected chi connectivity index (χ0v) is 18.4.